The lowest BCUT2D eigenvalue weighted by molar-refractivity contribution is -0.133. The zero-order valence-corrected chi connectivity index (χ0v) is 11.4. The molecular formula is C13H23NO3. The Labute approximate surface area is 103 Å². The van der Waals surface area contributed by atoms with Crippen molar-refractivity contribution >= 4 is 11.9 Å². The predicted molar refractivity (Wildman–Crippen MR) is 67.6 cm³/mol. The molecule has 0 fully saturated rings. The summed E-state index contributed by atoms with van der Waals surface area (Å²) in [7, 11) is 0. The van der Waals surface area contributed by atoms with Crippen molar-refractivity contribution in [3.63, 3.8) is 0 Å². The molecule has 4 nitrogen and oxygen atoms in total. The molecule has 0 unspecified atom stereocenters. The van der Waals surface area contributed by atoms with Gasteiger partial charge in [0.05, 0.1) is 0 Å². The van der Waals surface area contributed by atoms with E-state index >= 15 is 0 Å². The van der Waals surface area contributed by atoms with Crippen molar-refractivity contribution in [3.05, 3.63) is 11.6 Å². The molecule has 0 aromatic rings. The molecule has 0 saturated carbocycles. The van der Waals surface area contributed by atoms with Crippen molar-refractivity contribution in [2.45, 2.75) is 34.6 Å². The van der Waals surface area contributed by atoms with Crippen LogP contribution in [0.25, 0.3) is 0 Å². The molecule has 1 N–H and O–H groups in total. The third kappa shape index (κ3) is 6.76. The summed E-state index contributed by atoms with van der Waals surface area (Å²) in [5, 5.41) is 8.63. The molecule has 1 amide bonds. The van der Waals surface area contributed by atoms with Crippen LogP contribution in [0, 0.1) is 11.8 Å². The number of carbonyl (C=O) groups is 2. The molecule has 0 radical (unpaired) electrons. The first-order valence-corrected chi connectivity index (χ1v) is 5.94. The summed E-state index contributed by atoms with van der Waals surface area (Å²) in [5.74, 6) is -0.523. The number of rotatable bonds is 6. The van der Waals surface area contributed by atoms with Crippen molar-refractivity contribution < 1.29 is 14.7 Å². The van der Waals surface area contributed by atoms with Gasteiger partial charge in [-0.25, -0.2) is 4.79 Å². The minimum atomic E-state index is -1.08. The summed E-state index contributed by atoms with van der Waals surface area (Å²) in [4.78, 5) is 24.3. The van der Waals surface area contributed by atoms with Gasteiger partial charge in [0.2, 0.25) is 5.91 Å². The third-order valence-corrected chi connectivity index (χ3v) is 2.14. The van der Waals surface area contributed by atoms with Crippen LogP contribution < -0.4 is 0 Å². The number of carboxylic acids is 1. The zero-order valence-electron chi connectivity index (χ0n) is 11.4. The first-order valence-electron chi connectivity index (χ1n) is 5.94. The Hall–Kier alpha value is -1.32. The van der Waals surface area contributed by atoms with Crippen LogP contribution in [0.5, 0.6) is 0 Å². The van der Waals surface area contributed by atoms with Crippen LogP contribution in [0.2, 0.25) is 0 Å². The molecule has 0 rings (SSSR count). The van der Waals surface area contributed by atoms with E-state index in [1.54, 1.807) is 11.8 Å². The molecule has 0 heterocycles. The van der Waals surface area contributed by atoms with Gasteiger partial charge in [-0.1, -0.05) is 27.7 Å². The molecule has 0 aromatic carbocycles. The fourth-order valence-corrected chi connectivity index (χ4v) is 1.62. The highest BCUT2D eigenvalue weighted by Crippen LogP contribution is 2.08. The van der Waals surface area contributed by atoms with Gasteiger partial charge in [0, 0.05) is 24.7 Å². The smallest absolute Gasteiger partial charge is 0.328 e. The Balaban J connectivity index is 4.79. The van der Waals surface area contributed by atoms with Gasteiger partial charge in [-0.15, -0.1) is 0 Å². The van der Waals surface area contributed by atoms with Gasteiger partial charge < -0.3 is 10.0 Å². The summed E-state index contributed by atoms with van der Waals surface area (Å²) < 4.78 is 0. The second kappa shape index (κ2) is 7.09. The summed E-state index contributed by atoms with van der Waals surface area (Å²) in [6, 6.07) is 0. The second-order valence-corrected chi connectivity index (χ2v) is 5.16. The summed E-state index contributed by atoms with van der Waals surface area (Å²) >= 11 is 0. The molecule has 0 aliphatic heterocycles. The van der Waals surface area contributed by atoms with Crippen molar-refractivity contribution in [3.8, 4) is 0 Å². The minimum Gasteiger partial charge on any atom is -0.478 e. The normalized spacial score (nSPS) is 12.1. The molecule has 0 aliphatic rings. The quantitative estimate of drug-likeness (QED) is 0.725. The average molecular weight is 241 g/mol. The van der Waals surface area contributed by atoms with E-state index in [-0.39, 0.29) is 11.5 Å². The fraction of sp³-hybridized carbons (Fsp3) is 0.692. The van der Waals surface area contributed by atoms with Gasteiger partial charge in [0.25, 0.3) is 0 Å². The van der Waals surface area contributed by atoms with E-state index in [0.29, 0.717) is 24.9 Å². The predicted octanol–water partition coefficient (Wildman–Crippen LogP) is 2.16. The number of aliphatic carboxylic acids is 1. The Morgan fingerprint density at radius 1 is 1.12 bits per heavy atom. The van der Waals surface area contributed by atoms with Crippen LogP contribution in [0.15, 0.2) is 11.6 Å². The highest BCUT2D eigenvalue weighted by Gasteiger charge is 2.18. The van der Waals surface area contributed by atoms with E-state index in [1.807, 2.05) is 27.7 Å². The van der Waals surface area contributed by atoms with Crippen molar-refractivity contribution in [2.75, 3.05) is 13.1 Å². The molecule has 4 heteroatoms. The fourth-order valence-electron chi connectivity index (χ4n) is 1.62. The lowest BCUT2D eigenvalue weighted by Gasteiger charge is -2.26. The van der Waals surface area contributed by atoms with Crippen LogP contribution in [-0.2, 0) is 9.59 Å². The zero-order chi connectivity index (χ0) is 13.6. The Morgan fingerprint density at radius 3 is 1.82 bits per heavy atom. The Kier molecular flexibility index (Phi) is 6.54. The van der Waals surface area contributed by atoms with Gasteiger partial charge in [-0.3, -0.25) is 4.79 Å². The van der Waals surface area contributed by atoms with Crippen LogP contribution in [-0.4, -0.2) is 35.0 Å². The third-order valence-electron chi connectivity index (χ3n) is 2.14. The van der Waals surface area contributed by atoms with Crippen LogP contribution >= 0.6 is 0 Å². The van der Waals surface area contributed by atoms with Gasteiger partial charge in [-0.2, -0.15) is 0 Å². The van der Waals surface area contributed by atoms with E-state index in [2.05, 4.69) is 0 Å². The largest absolute Gasteiger partial charge is 0.478 e. The number of carboxylic acid groups (broad SMARTS) is 1. The molecule has 98 valence electrons. The summed E-state index contributed by atoms with van der Waals surface area (Å²) in [6.07, 6.45) is 0.968. The monoisotopic (exact) mass is 241 g/mol. The van der Waals surface area contributed by atoms with E-state index in [1.165, 1.54) is 0 Å². The maximum atomic E-state index is 12.0. The second-order valence-electron chi connectivity index (χ2n) is 5.16. The van der Waals surface area contributed by atoms with Crippen molar-refractivity contribution in [2.24, 2.45) is 11.8 Å². The number of hydrogen-bond acceptors (Lipinski definition) is 2. The molecule has 0 aliphatic carbocycles. The molecular weight excluding hydrogens is 218 g/mol. The molecule has 0 saturated heterocycles. The van der Waals surface area contributed by atoms with Crippen molar-refractivity contribution in [1.82, 2.24) is 4.90 Å². The van der Waals surface area contributed by atoms with Gasteiger partial charge in [-0.05, 0) is 18.8 Å². The Bertz CT molecular complexity index is 296. The van der Waals surface area contributed by atoms with E-state index in [0.717, 1.165) is 6.08 Å². The van der Waals surface area contributed by atoms with E-state index in [9.17, 15) is 9.59 Å². The van der Waals surface area contributed by atoms with Gasteiger partial charge in [0.15, 0.2) is 0 Å². The summed E-state index contributed by atoms with van der Waals surface area (Å²) in [6.45, 7) is 11.0. The topological polar surface area (TPSA) is 57.6 Å². The number of hydrogen-bond donors (Lipinski definition) is 1. The number of amides is 1. The molecule has 0 bridgehead atoms. The van der Waals surface area contributed by atoms with Crippen molar-refractivity contribution in [1.29, 1.82) is 0 Å². The molecule has 0 spiro atoms. The lowest BCUT2D eigenvalue weighted by Crippen LogP contribution is -2.37. The number of carbonyl (C=O) groups excluding carboxylic acids is 1. The van der Waals surface area contributed by atoms with Crippen LogP contribution in [0.1, 0.15) is 34.6 Å². The SMILES string of the molecule is C/C(=C/C(=O)O)C(=O)N(CC(C)C)CC(C)C. The lowest BCUT2D eigenvalue weighted by atomic mass is 10.1. The van der Waals surface area contributed by atoms with Crippen LogP contribution in [0.4, 0.5) is 0 Å². The van der Waals surface area contributed by atoms with Gasteiger partial charge in [0.1, 0.15) is 0 Å². The highest BCUT2D eigenvalue weighted by molar-refractivity contribution is 5.98. The van der Waals surface area contributed by atoms with Crippen LogP contribution in [0.3, 0.4) is 0 Å². The summed E-state index contributed by atoms with van der Waals surface area (Å²) in [5.41, 5.74) is 0.277. The molecule has 17 heavy (non-hydrogen) atoms. The molecule has 0 aromatic heterocycles. The maximum absolute atomic E-state index is 12.0. The molecule has 0 atom stereocenters. The standard InChI is InChI=1S/C13H23NO3/c1-9(2)7-14(8-10(3)4)13(17)11(5)6-12(15)16/h6,9-10H,7-8H2,1-5H3,(H,15,16)/b11-6-. The minimum absolute atomic E-state index is 0.185. The highest BCUT2D eigenvalue weighted by atomic mass is 16.4. The number of nitrogens with zero attached hydrogens (tertiary/aromatic N) is 1. The first kappa shape index (κ1) is 15.7. The first-order chi connectivity index (χ1) is 7.73. The van der Waals surface area contributed by atoms with E-state index < -0.39 is 5.97 Å². The Morgan fingerprint density at radius 2 is 1.53 bits per heavy atom. The van der Waals surface area contributed by atoms with Gasteiger partial charge >= 0.3 is 5.97 Å². The average Bonchev–Trinajstić information content (AvgIpc) is 2.12. The maximum Gasteiger partial charge on any atom is 0.328 e. The van der Waals surface area contributed by atoms with E-state index in [4.69, 9.17) is 5.11 Å².